The van der Waals surface area contributed by atoms with Crippen LogP contribution in [0.2, 0.25) is 0 Å². The number of hydrogen-bond acceptors (Lipinski definition) is 3. The molecule has 0 saturated carbocycles. The van der Waals surface area contributed by atoms with Gasteiger partial charge in [-0.2, -0.15) is 0 Å². The molecule has 0 aliphatic carbocycles. The van der Waals surface area contributed by atoms with Gasteiger partial charge in [0.25, 0.3) is 0 Å². The van der Waals surface area contributed by atoms with Crippen LogP contribution < -0.4 is 5.32 Å². The Morgan fingerprint density at radius 2 is 2.11 bits per heavy atom. The highest BCUT2D eigenvalue weighted by Crippen LogP contribution is 2.17. The van der Waals surface area contributed by atoms with Crippen LogP contribution in [0.1, 0.15) is 18.4 Å². The van der Waals surface area contributed by atoms with Crippen LogP contribution in [0.3, 0.4) is 0 Å². The van der Waals surface area contributed by atoms with Crippen molar-refractivity contribution in [2.24, 2.45) is 5.92 Å². The van der Waals surface area contributed by atoms with Crippen LogP contribution in [0, 0.1) is 5.92 Å². The lowest BCUT2D eigenvalue weighted by atomic mass is 10.0. The molecule has 96 valence electrons. The summed E-state index contributed by atoms with van der Waals surface area (Å²) in [5, 5.41) is 2.83. The second-order valence-corrected chi connectivity index (χ2v) is 4.44. The molecule has 1 saturated heterocycles. The highest BCUT2D eigenvalue weighted by molar-refractivity contribution is 5.83. The summed E-state index contributed by atoms with van der Waals surface area (Å²) in [4.78, 5) is 22.8. The summed E-state index contributed by atoms with van der Waals surface area (Å²) >= 11 is 0. The number of nitrogens with one attached hydrogen (secondary N) is 1. The first-order valence-corrected chi connectivity index (χ1v) is 6.23. The first kappa shape index (κ1) is 12.6. The largest absolute Gasteiger partial charge is 0.465 e. The molecule has 0 bridgehead atoms. The molecule has 0 spiro atoms. The third-order valence-electron chi connectivity index (χ3n) is 3.05. The van der Waals surface area contributed by atoms with E-state index in [1.54, 1.807) is 0 Å². The molecule has 1 amide bonds. The van der Waals surface area contributed by atoms with E-state index in [0.29, 0.717) is 19.6 Å². The third-order valence-corrected chi connectivity index (χ3v) is 3.05. The molecule has 0 radical (unpaired) electrons. The van der Waals surface area contributed by atoms with Gasteiger partial charge in [-0.15, -0.1) is 0 Å². The van der Waals surface area contributed by atoms with E-state index in [0.717, 1.165) is 6.42 Å². The van der Waals surface area contributed by atoms with E-state index in [4.69, 9.17) is 4.74 Å². The van der Waals surface area contributed by atoms with E-state index in [-0.39, 0.29) is 24.2 Å². The number of cyclic esters (lactones) is 1. The summed E-state index contributed by atoms with van der Waals surface area (Å²) in [5.74, 6) is -0.565. The standard InChI is InChI=1S/C14H17NO3/c16-13(10-12-7-9-18-14(12)17)15-8-6-11-4-2-1-3-5-11/h1-5,12H,6-10H2,(H,15,16). The number of ether oxygens (including phenoxy) is 1. The Labute approximate surface area is 106 Å². The average Bonchev–Trinajstić information content (AvgIpc) is 2.76. The van der Waals surface area contributed by atoms with E-state index in [1.165, 1.54) is 5.56 Å². The maximum atomic E-state index is 11.6. The maximum absolute atomic E-state index is 11.6. The van der Waals surface area contributed by atoms with Crippen molar-refractivity contribution in [2.45, 2.75) is 19.3 Å². The minimum Gasteiger partial charge on any atom is -0.465 e. The van der Waals surface area contributed by atoms with Crippen molar-refractivity contribution < 1.29 is 14.3 Å². The average molecular weight is 247 g/mol. The highest BCUT2D eigenvalue weighted by atomic mass is 16.5. The van der Waals surface area contributed by atoms with Crippen molar-refractivity contribution in [1.29, 1.82) is 0 Å². The van der Waals surface area contributed by atoms with Crippen molar-refractivity contribution in [3.05, 3.63) is 35.9 Å². The Balaban J connectivity index is 1.67. The molecule has 1 heterocycles. The fourth-order valence-electron chi connectivity index (χ4n) is 2.01. The van der Waals surface area contributed by atoms with Crippen LogP contribution in [0.15, 0.2) is 30.3 Å². The Morgan fingerprint density at radius 1 is 1.33 bits per heavy atom. The predicted molar refractivity (Wildman–Crippen MR) is 66.8 cm³/mol. The minimum atomic E-state index is -0.248. The van der Waals surface area contributed by atoms with Crippen molar-refractivity contribution >= 4 is 11.9 Å². The lowest BCUT2D eigenvalue weighted by Crippen LogP contribution is -2.28. The Morgan fingerprint density at radius 3 is 2.78 bits per heavy atom. The van der Waals surface area contributed by atoms with E-state index >= 15 is 0 Å². The number of hydrogen-bond donors (Lipinski definition) is 1. The number of carbonyl (C=O) groups excluding carboxylic acids is 2. The Hall–Kier alpha value is -1.84. The molecule has 1 aliphatic rings. The molecular formula is C14H17NO3. The SMILES string of the molecule is O=C(CC1CCOC1=O)NCCc1ccccc1. The summed E-state index contributed by atoms with van der Waals surface area (Å²) in [5.41, 5.74) is 1.19. The molecule has 1 fully saturated rings. The number of esters is 1. The molecule has 1 aromatic rings. The number of rotatable bonds is 5. The van der Waals surface area contributed by atoms with Gasteiger partial charge in [-0.05, 0) is 18.4 Å². The second-order valence-electron chi connectivity index (χ2n) is 4.44. The Bertz CT molecular complexity index is 416. The quantitative estimate of drug-likeness (QED) is 0.798. The van der Waals surface area contributed by atoms with Crippen LogP contribution in [-0.2, 0) is 20.7 Å². The molecule has 4 nitrogen and oxygen atoms in total. The summed E-state index contributed by atoms with van der Waals surface area (Å²) in [6.07, 6.45) is 1.71. The minimum absolute atomic E-state index is 0.0743. The van der Waals surface area contributed by atoms with E-state index in [1.807, 2.05) is 30.3 Å². The first-order chi connectivity index (χ1) is 8.75. The van der Waals surface area contributed by atoms with Crippen molar-refractivity contribution in [3.8, 4) is 0 Å². The van der Waals surface area contributed by atoms with Crippen LogP contribution in [0.4, 0.5) is 0 Å². The third kappa shape index (κ3) is 3.58. The van der Waals surface area contributed by atoms with Gasteiger partial charge in [0.15, 0.2) is 0 Å². The van der Waals surface area contributed by atoms with E-state index < -0.39 is 0 Å². The van der Waals surface area contributed by atoms with Gasteiger partial charge >= 0.3 is 5.97 Å². The van der Waals surface area contributed by atoms with Gasteiger partial charge in [-0.1, -0.05) is 30.3 Å². The predicted octanol–water partition coefficient (Wildman–Crippen LogP) is 1.30. The molecular weight excluding hydrogens is 230 g/mol. The molecule has 1 N–H and O–H groups in total. The molecule has 1 atom stereocenters. The summed E-state index contributed by atoms with van der Waals surface area (Å²) in [6, 6.07) is 9.98. The maximum Gasteiger partial charge on any atom is 0.309 e. The molecule has 4 heteroatoms. The van der Waals surface area contributed by atoms with Crippen molar-refractivity contribution in [3.63, 3.8) is 0 Å². The molecule has 1 unspecified atom stereocenters. The molecule has 1 aliphatic heterocycles. The van der Waals surface area contributed by atoms with Crippen LogP contribution in [0.5, 0.6) is 0 Å². The first-order valence-electron chi connectivity index (χ1n) is 6.23. The summed E-state index contributed by atoms with van der Waals surface area (Å²) in [7, 11) is 0. The van der Waals surface area contributed by atoms with Crippen LogP contribution >= 0.6 is 0 Å². The van der Waals surface area contributed by atoms with E-state index in [2.05, 4.69) is 5.32 Å². The fourth-order valence-corrected chi connectivity index (χ4v) is 2.01. The zero-order valence-corrected chi connectivity index (χ0v) is 10.2. The summed E-state index contributed by atoms with van der Waals surface area (Å²) in [6.45, 7) is 1.05. The van der Waals surface area contributed by atoms with Gasteiger partial charge in [-0.25, -0.2) is 0 Å². The van der Waals surface area contributed by atoms with Gasteiger partial charge in [0.1, 0.15) is 0 Å². The molecule has 2 rings (SSSR count). The lowest BCUT2D eigenvalue weighted by molar-refractivity contribution is -0.142. The van der Waals surface area contributed by atoms with Crippen molar-refractivity contribution in [2.75, 3.05) is 13.2 Å². The number of carbonyl (C=O) groups is 2. The summed E-state index contributed by atoms with van der Waals surface area (Å²) < 4.78 is 4.82. The highest BCUT2D eigenvalue weighted by Gasteiger charge is 2.28. The van der Waals surface area contributed by atoms with E-state index in [9.17, 15) is 9.59 Å². The van der Waals surface area contributed by atoms with Crippen LogP contribution in [0.25, 0.3) is 0 Å². The van der Waals surface area contributed by atoms with Crippen molar-refractivity contribution in [1.82, 2.24) is 5.32 Å². The lowest BCUT2D eigenvalue weighted by Gasteiger charge is -2.07. The van der Waals surface area contributed by atoms with Crippen LogP contribution in [-0.4, -0.2) is 25.0 Å². The topological polar surface area (TPSA) is 55.4 Å². The smallest absolute Gasteiger partial charge is 0.309 e. The number of amides is 1. The normalized spacial score (nSPS) is 18.4. The van der Waals surface area contributed by atoms with Gasteiger partial charge in [0.05, 0.1) is 12.5 Å². The molecule has 1 aromatic carbocycles. The van der Waals surface area contributed by atoms with Gasteiger partial charge in [0, 0.05) is 13.0 Å². The number of benzene rings is 1. The Kier molecular flexibility index (Phi) is 4.34. The molecule has 0 aromatic heterocycles. The monoisotopic (exact) mass is 247 g/mol. The fraction of sp³-hybridized carbons (Fsp3) is 0.429. The zero-order chi connectivity index (χ0) is 12.8. The van der Waals surface area contributed by atoms with Gasteiger partial charge in [0.2, 0.25) is 5.91 Å². The van der Waals surface area contributed by atoms with Gasteiger partial charge < -0.3 is 10.1 Å². The molecule has 18 heavy (non-hydrogen) atoms. The van der Waals surface area contributed by atoms with Gasteiger partial charge in [-0.3, -0.25) is 9.59 Å². The zero-order valence-electron chi connectivity index (χ0n) is 10.2. The second kappa shape index (κ2) is 6.19.